The van der Waals surface area contributed by atoms with Crippen molar-refractivity contribution in [2.75, 3.05) is 53.1 Å². The van der Waals surface area contributed by atoms with Gasteiger partial charge in [-0.3, -0.25) is 14.5 Å². The van der Waals surface area contributed by atoms with Gasteiger partial charge in [0.2, 0.25) is 11.8 Å². The highest BCUT2D eigenvalue weighted by Gasteiger charge is 2.30. The van der Waals surface area contributed by atoms with Gasteiger partial charge in [-0.1, -0.05) is 31.5 Å². The second-order valence-corrected chi connectivity index (χ2v) is 9.95. The number of carbonyl (C=O) groups excluding carboxylic acids is 2. The fourth-order valence-electron chi connectivity index (χ4n) is 5.18. The standard InChI is InChI=1S/C29H40N4O5/c1-3-7-25-29(35)33-14-11-22(12-15-33)20-32(21-23-8-4-5-10-26(23)36-2)16-17-37-18-19-38-28-24(27(34)31-25)9-6-13-30-28/h4-6,8-10,13,22,25H,3,7,11-12,14-21H2,1-2H3,(H,31,34)/t25-/m1/s1. The molecule has 0 saturated carbocycles. The Morgan fingerprint density at radius 2 is 1.87 bits per heavy atom. The number of nitrogens with zero attached hydrogens (tertiary/aromatic N) is 3. The smallest absolute Gasteiger partial charge is 0.257 e. The summed E-state index contributed by atoms with van der Waals surface area (Å²) < 4.78 is 17.3. The number of fused-ring (bicyclic) bond motifs is 12. The van der Waals surface area contributed by atoms with Crippen LogP contribution < -0.4 is 14.8 Å². The lowest BCUT2D eigenvalue weighted by molar-refractivity contribution is -0.135. The highest BCUT2D eigenvalue weighted by atomic mass is 16.5. The minimum Gasteiger partial charge on any atom is -0.496 e. The number of aromatic nitrogens is 1. The molecule has 0 aliphatic carbocycles. The molecule has 5 rings (SSSR count). The molecule has 0 unspecified atom stereocenters. The van der Waals surface area contributed by atoms with Crippen LogP contribution in [0.2, 0.25) is 0 Å². The minimum absolute atomic E-state index is 0.00889. The highest BCUT2D eigenvalue weighted by molar-refractivity contribution is 5.99. The second-order valence-electron chi connectivity index (χ2n) is 9.95. The molecule has 0 radical (unpaired) electrons. The Kier molecular flexibility index (Phi) is 10.3. The Morgan fingerprint density at radius 3 is 2.66 bits per heavy atom. The van der Waals surface area contributed by atoms with Crippen molar-refractivity contribution in [2.45, 2.75) is 45.2 Å². The van der Waals surface area contributed by atoms with Gasteiger partial charge in [-0.2, -0.15) is 0 Å². The number of benzene rings is 1. The van der Waals surface area contributed by atoms with Crippen LogP contribution in [0.3, 0.4) is 0 Å². The van der Waals surface area contributed by atoms with Gasteiger partial charge < -0.3 is 24.4 Å². The average Bonchev–Trinajstić information content (AvgIpc) is 2.94. The van der Waals surface area contributed by atoms with Crippen molar-refractivity contribution in [3.63, 3.8) is 0 Å². The number of carbonyl (C=O) groups is 2. The number of piperidine rings is 1. The van der Waals surface area contributed by atoms with Crippen LogP contribution in [-0.2, 0) is 16.1 Å². The van der Waals surface area contributed by atoms with Crippen LogP contribution in [0.4, 0.5) is 0 Å². The van der Waals surface area contributed by atoms with Gasteiger partial charge in [-0.05, 0) is 43.4 Å². The van der Waals surface area contributed by atoms with Crippen LogP contribution in [0.15, 0.2) is 42.6 Å². The number of hydrogen-bond donors (Lipinski definition) is 1. The summed E-state index contributed by atoms with van der Waals surface area (Å²) in [7, 11) is 1.70. The molecule has 1 fully saturated rings. The van der Waals surface area contributed by atoms with E-state index in [1.54, 1.807) is 25.4 Å². The molecule has 9 nitrogen and oxygen atoms in total. The molecular weight excluding hydrogens is 484 g/mol. The van der Waals surface area contributed by atoms with Crippen LogP contribution in [0.5, 0.6) is 11.6 Å². The van der Waals surface area contributed by atoms with Gasteiger partial charge in [-0.25, -0.2) is 4.98 Å². The SMILES string of the molecule is CCC[C@H]1NC(=O)c2cccnc2OCCOCCN(Cc2ccccc2OC)CC2CCN(CC2)C1=O. The number of ether oxygens (including phenoxy) is 3. The zero-order valence-corrected chi connectivity index (χ0v) is 22.6. The van der Waals surface area contributed by atoms with Gasteiger partial charge >= 0.3 is 0 Å². The van der Waals surface area contributed by atoms with Crippen molar-refractivity contribution < 1.29 is 23.8 Å². The zero-order chi connectivity index (χ0) is 26.7. The van der Waals surface area contributed by atoms with E-state index in [4.69, 9.17) is 14.2 Å². The number of rotatable bonds is 5. The third-order valence-electron chi connectivity index (χ3n) is 7.24. The molecule has 1 aromatic heterocycles. The van der Waals surface area contributed by atoms with Gasteiger partial charge in [-0.15, -0.1) is 0 Å². The van der Waals surface area contributed by atoms with Crippen molar-refractivity contribution in [1.82, 2.24) is 20.1 Å². The maximum atomic E-state index is 13.4. The molecule has 2 bridgehead atoms. The van der Waals surface area contributed by atoms with Crippen LogP contribution in [0, 0.1) is 5.92 Å². The Balaban J connectivity index is 1.51. The first kappa shape index (κ1) is 27.9. The summed E-state index contributed by atoms with van der Waals surface area (Å²) >= 11 is 0. The Hall–Kier alpha value is -3.17. The first-order chi connectivity index (χ1) is 18.6. The van der Waals surface area contributed by atoms with Gasteiger partial charge in [0, 0.05) is 44.5 Å². The molecule has 0 spiro atoms. The molecular formula is C29H40N4O5. The van der Waals surface area contributed by atoms with E-state index >= 15 is 0 Å². The van der Waals surface area contributed by atoms with E-state index in [2.05, 4.69) is 21.3 Å². The molecule has 4 heterocycles. The molecule has 2 aromatic rings. The molecule has 1 saturated heterocycles. The minimum atomic E-state index is -0.568. The van der Waals surface area contributed by atoms with E-state index in [1.807, 2.05) is 30.0 Å². The predicted molar refractivity (Wildman–Crippen MR) is 144 cm³/mol. The molecule has 2 amide bonds. The van der Waals surface area contributed by atoms with E-state index < -0.39 is 6.04 Å². The largest absolute Gasteiger partial charge is 0.496 e. The van der Waals surface area contributed by atoms with Crippen LogP contribution in [0.1, 0.15) is 48.5 Å². The van der Waals surface area contributed by atoms with Gasteiger partial charge in [0.1, 0.15) is 24.0 Å². The van der Waals surface area contributed by atoms with Crippen molar-refractivity contribution in [3.8, 4) is 11.6 Å². The molecule has 1 N–H and O–H groups in total. The fourth-order valence-corrected chi connectivity index (χ4v) is 5.18. The van der Waals surface area contributed by atoms with E-state index in [-0.39, 0.29) is 24.3 Å². The molecule has 38 heavy (non-hydrogen) atoms. The molecule has 1 aromatic carbocycles. The third kappa shape index (κ3) is 7.45. The van der Waals surface area contributed by atoms with Gasteiger partial charge in [0.05, 0.1) is 20.3 Å². The van der Waals surface area contributed by atoms with Crippen LogP contribution in [-0.4, -0.2) is 85.7 Å². The predicted octanol–water partition coefficient (Wildman–Crippen LogP) is 3.14. The number of hydrogen-bond acceptors (Lipinski definition) is 7. The summed E-state index contributed by atoms with van der Waals surface area (Å²) in [5.74, 6) is 1.26. The summed E-state index contributed by atoms with van der Waals surface area (Å²) in [5, 5.41) is 2.95. The summed E-state index contributed by atoms with van der Waals surface area (Å²) in [6.45, 7) is 7.09. The fraction of sp³-hybridized carbons (Fsp3) is 0.552. The maximum absolute atomic E-state index is 13.4. The average molecular weight is 525 g/mol. The number of para-hydroxylation sites is 1. The molecule has 9 heteroatoms. The Bertz CT molecular complexity index is 1060. The number of amides is 2. The monoisotopic (exact) mass is 524 g/mol. The number of pyridine rings is 1. The molecule has 1 atom stereocenters. The quantitative estimate of drug-likeness (QED) is 0.601. The van der Waals surface area contributed by atoms with Crippen molar-refractivity contribution >= 4 is 11.8 Å². The maximum Gasteiger partial charge on any atom is 0.257 e. The number of methoxy groups -OCH3 is 1. The summed E-state index contributed by atoms with van der Waals surface area (Å²) in [5.41, 5.74) is 1.47. The lowest BCUT2D eigenvalue weighted by Gasteiger charge is -2.36. The molecule has 206 valence electrons. The van der Waals surface area contributed by atoms with E-state index in [1.165, 1.54) is 0 Å². The Labute approximate surface area is 225 Å². The lowest BCUT2D eigenvalue weighted by atomic mass is 9.95. The first-order valence-corrected chi connectivity index (χ1v) is 13.7. The van der Waals surface area contributed by atoms with Crippen molar-refractivity contribution in [1.29, 1.82) is 0 Å². The summed E-state index contributed by atoms with van der Waals surface area (Å²) in [6, 6.07) is 10.9. The van der Waals surface area contributed by atoms with Crippen LogP contribution >= 0.6 is 0 Å². The normalized spacial score (nSPS) is 22.1. The Morgan fingerprint density at radius 1 is 1.05 bits per heavy atom. The second kappa shape index (κ2) is 14.1. The first-order valence-electron chi connectivity index (χ1n) is 13.7. The number of nitrogens with one attached hydrogen (secondary N) is 1. The molecule has 3 aliphatic rings. The summed E-state index contributed by atoms with van der Waals surface area (Å²) in [4.78, 5) is 35.1. The van der Waals surface area contributed by atoms with Crippen molar-refractivity contribution in [3.05, 3.63) is 53.7 Å². The lowest BCUT2D eigenvalue weighted by Crippen LogP contribution is -2.51. The van der Waals surface area contributed by atoms with E-state index in [0.29, 0.717) is 44.2 Å². The molecule has 3 aliphatic heterocycles. The van der Waals surface area contributed by atoms with Gasteiger partial charge in [0.15, 0.2) is 0 Å². The van der Waals surface area contributed by atoms with E-state index in [0.717, 1.165) is 50.2 Å². The zero-order valence-electron chi connectivity index (χ0n) is 22.6. The third-order valence-corrected chi connectivity index (χ3v) is 7.24. The van der Waals surface area contributed by atoms with Gasteiger partial charge in [0.25, 0.3) is 5.91 Å². The van der Waals surface area contributed by atoms with Crippen LogP contribution in [0.25, 0.3) is 0 Å². The highest BCUT2D eigenvalue weighted by Crippen LogP contribution is 2.24. The topological polar surface area (TPSA) is 93.2 Å². The van der Waals surface area contributed by atoms with E-state index in [9.17, 15) is 9.59 Å². The summed E-state index contributed by atoms with van der Waals surface area (Å²) in [6.07, 6.45) is 4.83. The van der Waals surface area contributed by atoms with Crippen molar-refractivity contribution in [2.24, 2.45) is 5.92 Å².